The Morgan fingerprint density at radius 3 is 2.42 bits per heavy atom. The van der Waals surface area contributed by atoms with E-state index < -0.39 is 21.6 Å². The van der Waals surface area contributed by atoms with Gasteiger partial charge < -0.3 is 10.2 Å². The van der Waals surface area contributed by atoms with Crippen LogP contribution < -0.4 is 5.32 Å². The number of rotatable bonds is 4. The summed E-state index contributed by atoms with van der Waals surface area (Å²) < 4.78 is 27.4. The molecule has 4 rings (SSSR count). The number of halogens is 1. The van der Waals surface area contributed by atoms with Crippen LogP contribution in [0.2, 0.25) is 4.34 Å². The molecule has 33 heavy (non-hydrogen) atoms. The molecule has 1 aromatic heterocycles. The number of piperazine rings is 1. The van der Waals surface area contributed by atoms with Crippen molar-refractivity contribution < 1.29 is 22.8 Å². The highest BCUT2D eigenvalue weighted by Gasteiger charge is 2.56. The Hall–Kier alpha value is -1.69. The van der Waals surface area contributed by atoms with Crippen LogP contribution in [0.4, 0.5) is 4.79 Å². The van der Waals surface area contributed by atoms with Crippen molar-refractivity contribution in [2.45, 2.75) is 49.8 Å². The summed E-state index contributed by atoms with van der Waals surface area (Å²) in [6.45, 7) is 6.58. The lowest BCUT2D eigenvalue weighted by Gasteiger charge is -2.43. The smallest absolute Gasteiger partial charge is 0.325 e. The molecule has 1 aromatic rings. The predicted octanol–water partition coefficient (Wildman–Crippen LogP) is 2.37. The van der Waals surface area contributed by atoms with Crippen LogP contribution >= 0.6 is 22.9 Å². The molecule has 2 unspecified atom stereocenters. The van der Waals surface area contributed by atoms with Crippen LogP contribution in [0.25, 0.3) is 0 Å². The van der Waals surface area contributed by atoms with Gasteiger partial charge in [0.05, 0.1) is 4.34 Å². The van der Waals surface area contributed by atoms with E-state index in [0.717, 1.165) is 22.7 Å². The molecule has 4 amide bonds. The standard InChI is InChI=1S/C21H29ClN4O5S2/c1-14-10-20(2,3)13-21(11-14)18(28)26(19(29)23-21)12-16(27)24-6-8-25(9-7-24)33(30,31)17-5-4-15(22)32-17/h4-5,14H,6-13H2,1-3H3,(H,23,29). The minimum absolute atomic E-state index is 0.0881. The number of thiophene rings is 1. The maximum Gasteiger partial charge on any atom is 0.325 e. The van der Waals surface area contributed by atoms with Crippen molar-refractivity contribution in [3.63, 3.8) is 0 Å². The van der Waals surface area contributed by atoms with Crippen LogP contribution in [-0.2, 0) is 19.6 Å². The average molecular weight is 517 g/mol. The zero-order valence-corrected chi connectivity index (χ0v) is 21.4. The topological polar surface area (TPSA) is 107 Å². The first kappa shape index (κ1) is 24.4. The third kappa shape index (κ3) is 4.65. The van der Waals surface area contributed by atoms with Crippen molar-refractivity contribution in [2.75, 3.05) is 32.7 Å². The summed E-state index contributed by atoms with van der Waals surface area (Å²) in [5.74, 6) is -0.423. The largest absolute Gasteiger partial charge is 0.338 e. The molecule has 2 aliphatic heterocycles. The summed E-state index contributed by atoms with van der Waals surface area (Å²) in [6, 6.07) is 2.48. The summed E-state index contributed by atoms with van der Waals surface area (Å²) in [4.78, 5) is 41.4. The Morgan fingerprint density at radius 2 is 1.85 bits per heavy atom. The molecular weight excluding hydrogens is 488 g/mol. The number of nitrogens with one attached hydrogen (secondary N) is 1. The molecule has 0 radical (unpaired) electrons. The Bertz CT molecular complexity index is 1080. The molecule has 1 N–H and O–H groups in total. The summed E-state index contributed by atoms with van der Waals surface area (Å²) in [5.41, 5.74) is -1.04. The van der Waals surface area contributed by atoms with Gasteiger partial charge in [0.2, 0.25) is 5.91 Å². The zero-order chi connectivity index (χ0) is 24.2. The highest BCUT2D eigenvalue weighted by atomic mass is 35.5. The Kier molecular flexibility index (Phi) is 6.30. The van der Waals surface area contributed by atoms with E-state index in [1.165, 1.54) is 21.3 Å². The number of urea groups is 1. The number of hydrogen-bond donors (Lipinski definition) is 1. The van der Waals surface area contributed by atoms with E-state index >= 15 is 0 Å². The first-order valence-electron chi connectivity index (χ1n) is 11.0. The number of nitrogens with zero attached hydrogens (tertiary/aromatic N) is 3. The molecule has 9 nitrogen and oxygen atoms in total. The molecule has 3 aliphatic rings. The van der Waals surface area contributed by atoms with Gasteiger partial charge in [-0.15, -0.1) is 11.3 Å². The molecule has 0 aromatic carbocycles. The third-order valence-electron chi connectivity index (χ3n) is 6.65. The van der Waals surface area contributed by atoms with Crippen molar-refractivity contribution in [1.29, 1.82) is 0 Å². The van der Waals surface area contributed by atoms with Crippen molar-refractivity contribution in [1.82, 2.24) is 19.4 Å². The van der Waals surface area contributed by atoms with Gasteiger partial charge in [0.1, 0.15) is 16.3 Å². The Balaban J connectivity index is 1.38. The number of amides is 4. The second kappa shape index (κ2) is 8.51. The van der Waals surface area contributed by atoms with E-state index in [2.05, 4.69) is 26.1 Å². The predicted molar refractivity (Wildman–Crippen MR) is 124 cm³/mol. The lowest BCUT2D eigenvalue weighted by molar-refractivity contribution is -0.141. The van der Waals surface area contributed by atoms with Gasteiger partial charge in [-0.05, 0) is 42.7 Å². The molecule has 1 saturated carbocycles. The van der Waals surface area contributed by atoms with Gasteiger partial charge >= 0.3 is 6.03 Å². The van der Waals surface area contributed by atoms with E-state index in [-0.39, 0.29) is 60.1 Å². The van der Waals surface area contributed by atoms with E-state index in [4.69, 9.17) is 11.6 Å². The monoisotopic (exact) mass is 516 g/mol. The van der Waals surface area contributed by atoms with Crippen LogP contribution in [0.3, 0.4) is 0 Å². The lowest BCUT2D eigenvalue weighted by Crippen LogP contribution is -2.55. The van der Waals surface area contributed by atoms with Gasteiger partial charge in [-0.1, -0.05) is 32.4 Å². The Labute approximate surface area is 203 Å². The van der Waals surface area contributed by atoms with E-state index in [1.54, 1.807) is 0 Å². The molecule has 1 aliphatic carbocycles. The number of sulfonamides is 1. The summed E-state index contributed by atoms with van der Waals surface area (Å²) >= 11 is 6.86. The second-order valence-corrected chi connectivity index (χ2v) is 14.0. The number of carbonyl (C=O) groups excluding carboxylic acids is 3. The summed E-state index contributed by atoms with van der Waals surface area (Å²) in [6.07, 6.45) is 2.08. The highest BCUT2D eigenvalue weighted by Crippen LogP contribution is 2.46. The third-order valence-corrected chi connectivity index (χ3v) is 10.2. The van der Waals surface area contributed by atoms with E-state index in [0.29, 0.717) is 17.2 Å². The first-order valence-corrected chi connectivity index (χ1v) is 13.6. The van der Waals surface area contributed by atoms with Crippen LogP contribution in [-0.4, -0.2) is 78.6 Å². The van der Waals surface area contributed by atoms with Crippen molar-refractivity contribution in [2.24, 2.45) is 11.3 Å². The molecular formula is C21H29ClN4O5S2. The number of hydrogen-bond acceptors (Lipinski definition) is 6. The zero-order valence-electron chi connectivity index (χ0n) is 19.0. The summed E-state index contributed by atoms with van der Waals surface area (Å²) in [7, 11) is -3.66. The van der Waals surface area contributed by atoms with Gasteiger partial charge in [0.15, 0.2) is 0 Å². The molecule has 3 heterocycles. The molecule has 12 heteroatoms. The van der Waals surface area contributed by atoms with Crippen LogP contribution in [0, 0.1) is 11.3 Å². The molecule has 0 bridgehead atoms. The van der Waals surface area contributed by atoms with E-state index in [1.807, 2.05) is 0 Å². The highest BCUT2D eigenvalue weighted by molar-refractivity contribution is 7.91. The van der Waals surface area contributed by atoms with Gasteiger partial charge in [0, 0.05) is 26.2 Å². The van der Waals surface area contributed by atoms with Crippen LogP contribution in [0.1, 0.15) is 40.0 Å². The number of carbonyl (C=O) groups is 3. The van der Waals surface area contributed by atoms with Gasteiger partial charge in [0.25, 0.3) is 15.9 Å². The van der Waals surface area contributed by atoms with E-state index in [9.17, 15) is 22.8 Å². The molecule has 3 fully saturated rings. The van der Waals surface area contributed by atoms with Crippen molar-refractivity contribution in [3.8, 4) is 0 Å². The quantitative estimate of drug-likeness (QED) is 0.618. The minimum Gasteiger partial charge on any atom is -0.338 e. The fourth-order valence-electron chi connectivity index (χ4n) is 5.63. The molecule has 182 valence electrons. The SMILES string of the molecule is CC1CC(C)(C)CC2(C1)NC(=O)N(CC(=O)N1CCN(S(=O)(=O)c3ccc(Cl)s3)CC1)C2=O. The molecule has 2 saturated heterocycles. The molecule has 2 atom stereocenters. The maximum atomic E-state index is 13.3. The maximum absolute atomic E-state index is 13.3. The van der Waals surface area contributed by atoms with Crippen LogP contribution in [0.5, 0.6) is 0 Å². The van der Waals surface area contributed by atoms with Gasteiger partial charge in [-0.25, -0.2) is 13.2 Å². The van der Waals surface area contributed by atoms with Crippen molar-refractivity contribution >= 4 is 50.8 Å². The second-order valence-electron chi connectivity index (χ2n) is 10.1. The normalized spacial score (nSPS) is 28.4. The van der Waals surface area contributed by atoms with Crippen molar-refractivity contribution in [3.05, 3.63) is 16.5 Å². The van der Waals surface area contributed by atoms with Gasteiger partial charge in [-0.3, -0.25) is 14.5 Å². The first-order chi connectivity index (χ1) is 15.3. The lowest BCUT2D eigenvalue weighted by atomic mass is 9.64. The fraction of sp³-hybridized carbons (Fsp3) is 0.667. The molecule has 1 spiro atoms. The number of imide groups is 1. The Morgan fingerprint density at radius 1 is 1.18 bits per heavy atom. The van der Waals surface area contributed by atoms with Gasteiger partial charge in [-0.2, -0.15) is 4.31 Å². The summed E-state index contributed by atoms with van der Waals surface area (Å²) in [5, 5.41) is 2.88. The minimum atomic E-state index is -3.66. The van der Waals surface area contributed by atoms with Crippen LogP contribution in [0.15, 0.2) is 16.3 Å². The fourth-order valence-corrected chi connectivity index (χ4v) is 8.69. The average Bonchev–Trinajstić information content (AvgIpc) is 3.24.